The maximum atomic E-state index is 11.8. The molecule has 18 heavy (non-hydrogen) atoms. The molecule has 0 spiro atoms. The van der Waals surface area contributed by atoms with Crippen molar-refractivity contribution in [2.24, 2.45) is 0 Å². The van der Waals surface area contributed by atoms with Crippen LogP contribution < -0.4 is 10.9 Å². The van der Waals surface area contributed by atoms with Gasteiger partial charge in [-0.3, -0.25) is 4.79 Å². The fraction of sp³-hybridized carbons (Fsp3) is 0.600. The first-order valence-corrected chi connectivity index (χ1v) is 5.38. The second kappa shape index (κ2) is 6.39. The molecule has 0 amide bonds. The Morgan fingerprint density at radius 2 is 2.22 bits per heavy atom. The van der Waals surface area contributed by atoms with E-state index in [4.69, 9.17) is 0 Å². The van der Waals surface area contributed by atoms with E-state index in [1.165, 1.54) is 17.0 Å². The average Bonchev–Trinajstić information content (AvgIpc) is 2.29. The second-order valence-electron chi connectivity index (χ2n) is 3.46. The summed E-state index contributed by atoms with van der Waals surface area (Å²) in [5.74, 6) is 0.106. The molecule has 0 atom stereocenters. The second-order valence-corrected chi connectivity index (χ2v) is 3.46. The summed E-state index contributed by atoms with van der Waals surface area (Å²) in [7, 11) is 0. The van der Waals surface area contributed by atoms with Crippen molar-refractivity contribution in [3.05, 3.63) is 22.7 Å². The highest BCUT2D eigenvalue weighted by atomic mass is 19.4. The summed E-state index contributed by atoms with van der Waals surface area (Å²) >= 11 is 0. The topological polar surface area (TPSA) is 56.1 Å². The Hall–Kier alpha value is -1.57. The molecule has 5 nitrogen and oxygen atoms in total. The van der Waals surface area contributed by atoms with Crippen LogP contribution in [0.4, 0.5) is 19.0 Å². The van der Waals surface area contributed by atoms with Gasteiger partial charge >= 0.3 is 6.18 Å². The number of anilines is 1. The molecule has 0 fully saturated rings. The Bertz CT molecular complexity index is 431. The van der Waals surface area contributed by atoms with Crippen molar-refractivity contribution in [1.29, 1.82) is 0 Å². The van der Waals surface area contributed by atoms with E-state index >= 15 is 0 Å². The summed E-state index contributed by atoms with van der Waals surface area (Å²) in [6.07, 6.45) is -1.35. The molecule has 0 saturated heterocycles. The van der Waals surface area contributed by atoms with Crippen LogP contribution in [0.2, 0.25) is 0 Å². The van der Waals surface area contributed by atoms with Crippen molar-refractivity contribution >= 4 is 5.82 Å². The Kier molecular flexibility index (Phi) is 5.14. The van der Waals surface area contributed by atoms with E-state index in [1.807, 2.05) is 0 Å². The number of hydrogen-bond donors (Lipinski definition) is 1. The van der Waals surface area contributed by atoms with E-state index in [0.29, 0.717) is 6.54 Å². The average molecular weight is 265 g/mol. The predicted molar refractivity (Wildman–Crippen MR) is 59.5 cm³/mol. The maximum absolute atomic E-state index is 11.8. The molecule has 0 unspecified atom stereocenters. The zero-order valence-electron chi connectivity index (χ0n) is 9.83. The van der Waals surface area contributed by atoms with Crippen molar-refractivity contribution in [3.63, 3.8) is 0 Å². The number of hydrogen-bond acceptors (Lipinski definition) is 4. The molecule has 0 bridgehead atoms. The van der Waals surface area contributed by atoms with E-state index < -0.39 is 12.8 Å². The molecule has 0 saturated carbocycles. The molecule has 8 heteroatoms. The summed E-state index contributed by atoms with van der Waals surface area (Å²) < 4.78 is 41.1. The third-order valence-corrected chi connectivity index (χ3v) is 2.06. The van der Waals surface area contributed by atoms with Crippen molar-refractivity contribution in [1.82, 2.24) is 9.55 Å². The Labute approximate surface area is 102 Å². The lowest BCUT2D eigenvalue weighted by Crippen LogP contribution is -2.26. The van der Waals surface area contributed by atoms with E-state index in [1.54, 1.807) is 6.92 Å². The lowest BCUT2D eigenvalue weighted by Gasteiger charge is -2.09. The molecule has 0 aliphatic rings. The quantitative estimate of drug-likeness (QED) is 0.787. The number of aromatic nitrogens is 2. The SMILES string of the molecule is CCn1ccnc(NCCOCC(F)(F)F)c1=O. The van der Waals surface area contributed by atoms with E-state index in [-0.39, 0.29) is 24.5 Å². The number of nitrogens with zero attached hydrogens (tertiary/aromatic N) is 2. The minimum atomic E-state index is -4.33. The van der Waals surface area contributed by atoms with Crippen LogP contribution in [-0.2, 0) is 11.3 Å². The Morgan fingerprint density at radius 3 is 2.83 bits per heavy atom. The van der Waals surface area contributed by atoms with Crippen LogP contribution >= 0.6 is 0 Å². The standard InChI is InChI=1S/C10H14F3N3O2/c1-2-16-5-3-14-8(9(16)17)15-4-6-18-7-10(11,12)13/h3,5H,2,4,6-7H2,1H3,(H,14,15). The Morgan fingerprint density at radius 1 is 1.50 bits per heavy atom. The third-order valence-electron chi connectivity index (χ3n) is 2.06. The minimum Gasteiger partial charge on any atom is -0.370 e. The molecule has 0 aliphatic carbocycles. The molecular weight excluding hydrogens is 251 g/mol. The number of ether oxygens (including phenoxy) is 1. The molecule has 0 aromatic carbocycles. The van der Waals surface area contributed by atoms with Crippen LogP contribution in [0.5, 0.6) is 0 Å². The van der Waals surface area contributed by atoms with Gasteiger partial charge in [0.15, 0.2) is 5.82 Å². The highest BCUT2D eigenvalue weighted by Crippen LogP contribution is 2.13. The highest BCUT2D eigenvalue weighted by Gasteiger charge is 2.27. The van der Waals surface area contributed by atoms with Gasteiger partial charge < -0.3 is 14.6 Å². The van der Waals surface area contributed by atoms with Crippen molar-refractivity contribution in [2.45, 2.75) is 19.6 Å². The van der Waals surface area contributed by atoms with Gasteiger partial charge in [-0.1, -0.05) is 0 Å². The summed E-state index contributed by atoms with van der Waals surface area (Å²) in [6.45, 7) is 0.946. The lowest BCUT2D eigenvalue weighted by atomic mass is 10.5. The molecule has 1 heterocycles. The normalized spacial score (nSPS) is 11.6. The largest absolute Gasteiger partial charge is 0.411 e. The summed E-state index contributed by atoms with van der Waals surface area (Å²) in [5.41, 5.74) is -0.309. The molecule has 0 aliphatic heterocycles. The van der Waals surface area contributed by atoms with Gasteiger partial charge in [-0.25, -0.2) is 4.98 Å². The highest BCUT2D eigenvalue weighted by molar-refractivity contribution is 5.30. The van der Waals surface area contributed by atoms with Crippen molar-refractivity contribution in [3.8, 4) is 0 Å². The molecule has 0 radical (unpaired) electrons. The van der Waals surface area contributed by atoms with Crippen molar-refractivity contribution in [2.75, 3.05) is 25.1 Å². The third kappa shape index (κ3) is 4.74. The first-order valence-electron chi connectivity index (χ1n) is 5.38. The summed E-state index contributed by atoms with van der Waals surface area (Å²) in [4.78, 5) is 15.5. The monoisotopic (exact) mass is 265 g/mol. The molecule has 1 aromatic heterocycles. The number of alkyl halides is 3. The smallest absolute Gasteiger partial charge is 0.370 e. The van der Waals surface area contributed by atoms with Gasteiger partial charge in [0.1, 0.15) is 6.61 Å². The van der Waals surface area contributed by atoms with Crippen LogP contribution in [0, 0.1) is 0 Å². The zero-order chi connectivity index (χ0) is 13.6. The van der Waals surface area contributed by atoms with Crippen LogP contribution in [0.1, 0.15) is 6.92 Å². The minimum absolute atomic E-state index is 0.0893. The van der Waals surface area contributed by atoms with Crippen LogP contribution in [0.25, 0.3) is 0 Å². The predicted octanol–water partition coefficient (Wildman–Crippen LogP) is 1.25. The fourth-order valence-electron chi connectivity index (χ4n) is 1.25. The van der Waals surface area contributed by atoms with Crippen LogP contribution in [-0.4, -0.2) is 35.5 Å². The Balaban J connectivity index is 2.38. The van der Waals surface area contributed by atoms with Gasteiger partial charge in [-0.05, 0) is 6.92 Å². The van der Waals surface area contributed by atoms with Crippen molar-refractivity contribution < 1.29 is 17.9 Å². The van der Waals surface area contributed by atoms with E-state index in [0.717, 1.165) is 0 Å². The van der Waals surface area contributed by atoms with E-state index in [2.05, 4.69) is 15.0 Å². The number of aryl methyl sites for hydroxylation is 1. The van der Waals surface area contributed by atoms with Gasteiger partial charge in [0.25, 0.3) is 5.56 Å². The van der Waals surface area contributed by atoms with Gasteiger partial charge in [0, 0.05) is 25.5 Å². The lowest BCUT2D eigenvalue weighted by molar-refractivity contribution is -0.172. The molecular formula is C10H14F3N3O2. The number of nitrogens with one attached hydrogen (secondary N) is 1. The zero-order valence-corrected chi connectivity index (χ0v) is 9.83. The number of rotatable bonds is 6. The fourth-order valence-corrected chi connectivity index (χ4v) is 1.25. The molecule has 102 valence electrons. The van der Waals surface area contributed by atoms with Gasteiger partial charge in [-0.2, -0.15) is 13.2 Å². The molecule has 1 N–H and O–H groups in total. The van der Waals surface area contributed by atoms with Gasteiger partial charge in [0.05, 0.1) is 6.61 Å². The first kappa shape index (κ1) is 14.5. The van der Waals surface area contributed by atoms with Crippen LogP contribution in [0.3, 0.4) is 0 Å². The summed E-state index contributed by atoms with van der Waals surface area (Å²) in [5, 5.41) is 2.64. The first-order chi connectivity index (χ1) is 8.44. The molecule has 1 aromatic rings. The maximum Gasteiger partial charge on any atom is 0.411 e. The molecule has 1 rings (SSSR count). The van der Waals surface area contributed by atoms with Crippen LogP contribution in [0.15, 0.2) is 17.2 Å². The summed E-state index contributed by atoms with van der Waals surface area (Å²) in [6, 6.07) is 0. The van der Waals surface area contributed by atoms with E-state index in [9.17, 15) is 18.0 Å². The van der Waals surface area contributed by atoms with Gasteiger partial charge in [0.2, 0.25) is 0 Å². The number of halogens is 3. The van der Waals surface area contributed by atoms with Gasteiger partial charge in [-0.15, -0.1) is 0 Å².